The van der Waals surface area contributed by atoms with Crippen LogP contribution in [0.5, 0.6) is 0 Å². The average Bonchev–Trinajstić information content (AvgIpc) is 2.74. The van der Waals surface area contributed by atoms with Crippen molar-refractivity contribution in [2.45, 2.75) is 13.3 Å². The van der Waals surface area contributed by atoms with Crippen molar-refractivity contribution in [2.75, 3.05) is 11.9 Å². The van der Waals surface area contributed by atoms with Crippen LogP contribution in [0, 0.1) is 6.92 Å². The standard InChI is InChI=1S/C10H13N5/c1-8-6-11-4-2-9(8)12-5-3-10-13-7-14-15-10/h2,4,6-7H,3,5H2,1H3,(H,11,12)(H,13,14,15). The van der Waals surface area contributed by atoms with Gasteiger partial charge < -0.3 is 5.32 Å². The lowest BCUT2D eigenvalue weighted by Gasteiger charge is -2.07. The molecule has 0 radical (unpaired) electrons. The van der Waals surface area contributed by atoms with Crippen molar-refractivity contribution in [1.29, 1.82) is 0 Å². The smallest absolute Gasteiger partial charge is 0.137 e. The largest absolute Gasteiger partial charge is 0.384 e. The number of hydrogen-bond acceptors (Lipinski definition) is 4. The molecule has 0 aliphatic heterocycles. The first kappa shape index (κ1) is 9.64. The minimum Gasteiger partial charge on any atom is -0.384 e. The predicted octanol–water partition coefficient (Wildman–Crippen LogP) is 1.16. The van der Waals surface area contributed by atoms with Crippen LogP contribution in [0.25, 0.3) is 0 Å². The Morgan fingerprint density at radius 3 is 3.13 bits per heavy atom. The van der Waals surface area contributed by atoms with Gasteiger partial charge in [-0.3, -0.25) is 10.1 Å². The summed E-state index contributed by atoms with van der Waals surface area (Å²) in [7, 11) is 0. The minimum absolute atomic E-state index is 0.833. The third kappa shape index (κ3) is 2.52. The highest BCUT2D eigenvalue weighted by atomic mass is 15.2. The maximum atomic E-state index is 4.05. The van der Waals surface area contributed by atoms with Crippen LogP contribution < -0.4 is 5.32 Å². The molecule has 2 rings (SSSR count). The quantitative estimate of drug-likeness (QED) is 0.782. The molecule has 2 N–H and O–H groups in total. The lowest BCUT2D eigenvalue weighted by atomic mass is 10.2. The topological polar surface area (TPSA) is 66.5 Å². The fourth-order valence-electron chi connectivity index (χ4n) is 1.34. The summed E-state index contributed by atoms with van der Waals surface area (Å²) in [6, 6.07) is 1.97. The fraction of sp³-hybridized carbons (Fsp3) is 0.300. The maximum Gasteiger partial charge on any atom is 0.137 e. The van der Waals surface area contributed by atoms with Gasteiger partial charge >= 0.3 is 0 Å². The monoisotopic (exact) mass is 203 g/mol. The SMILES string of the molecule is Cc1cnccc1NCCc1ncn[nH]1. The molecule has 0 aromatic carbocycles. The number of rotatable bonds is 4. The van der Waals surface area contributed by atoms with Crippen LogP contribution in [0.15, 0.2) is 24.8 Å². The Morgan fingerprint density at radius 1 is 1.47 bits per heavy atom. The number of H-pyrrole nitrogens is 1. The summed E-state index contributed by atoms with van der Waals surface area (Å²) in [5.41, 5.74) is 2.26. The predicted molar refractivity (Wildman–Crippen MR) is 57.6 cm³/mol. The van der Waals surface area contributed by atoms with Gasteiger partial charge in [-0.05, 0) is 18.6 Å². The Morgan fingerprint density at radius 2 is 2.40 bits per heavy atom. The van der Waals surface area contributed by atoms with Crippen molar-refractivity contribution >= 4 is 5.69 Å². The lowest BCUT2D eigenvalue weighted by molar-refractivity contribution is 0.900. The first-order valence-corrected chi connectivity index (χ1v) is 4.85. The van der Waals surface area contributed by atoms with Gasteiger partial charge in [0, 0.05) is 31.0 Å². The van der Waals surface area contributed by atoms with E-state index in [2.05, 4.69) is 25.5 Å². The van der Waals surface area contributed by atoms with Crippen molar-refractivity contribution in [3.05, 3.63) is 36.2 Å². The molecule has 5 nitrogen and oxygen atoms in total. The molecule has 0 atom stereocenters. The van der Waals surface area contributed by atoms with E-state index in [1.165, 1.54) is 6.33 Å². The van der Waals surface area contributed by atoms with E-state index in [-0.39, 0.29) is 0 Å². The Kier molecular flexibility index (Phi) is 2.92. The number of aryl methyl sites for hydroxylation is 1. The average molecular weight is 203 g/mol. The van der Waals surface area contributed by atoms with E-state index < -0.39 is 0 Å². The number of nitrogens with zero attached hydrogens (tertiary/aromatic N) is 3. The Bertz CT molecular complexity index is 410. The zero-order valence-corrected chi connectivity index (χ0v) is 8.57. The molecule has 0 amide bonds. The molecule has 0 fully saturated rings. The molecular weight excluding hydrogens is 190 g/mol. The van der Waals surface area contributed by atoms with Crippen molar-refractivity contribution in [3.63, 3.8) is 0 Å². The van der Waals surface area contributed by atoms with Gasteiger partial charge in [-0.25, -0.2) is 4.98 Å². The summed E-state index contributed by atoms with van der Waals surface area (Å²) in [6.45, 7) is 2.86. The summed E-state index contributed by atoms with van der Waals surface area (Å²) < 4.78 is 0. The maximum absolute atomic E-state index is 4.05. The molecule has 0 aliphatic rings. The molecule has 2 aromatic rings. The zero-order chi connectivity index (χ0) is 10.5. The Labute approximate surface area is 88.0 Å². The number of aromatic amines is 1. The number of hydrogen-bond donors (Lipinski definition) is 2. The van der Waals surface area contributed by atoms with Crippen LogP contribution in [-0.4, -0.2) is 26.7 Å². The second-order valence-electron chi connectivity index (χ2n) is 3.30. The van der Waals surface area contributed by atoms with Crippen LogP contribution in [-0.2, 0) is 6.42 Å². The Hall–Kier alpha value is -1.91. The molecule has 2 heterocycles. The normalized spacial score (nSPS) is 10.2. The molecule has 0 spiro atoms. The van der Waals surface area contributed by atoms with Gasteiger partial charge in [0.2, 0.25) is 0 Å². The summed E-state index contributed by atoms with van der Waals surface area (Å²) in [5, 5.41) is 9.94. The first-order valence-electron chi connectivity index (χ1n) is 4.85. The minimum atomic E-state index is 0.833. The lowest BCUT2D eigenvalue weighted by Crippen LogP contribution is -2.07. The zero-order valence-electron chi connectivity index (χ0n) is 8.57. The van der Waals surface area contributed by atoms with Crippen molar-refractivity contribution in [2.24, 2.45) is 0 Å². The summed E-state index contributed by atoms with van der Waals surface area (Å²) in [4.78, 5) is 8.09. The van der Waals surface area contributed by atoms with Crippen LogP contribution >= 0.6 is 0 Å². The van der Waals surface area contributed by atoms with E-state index in [9.17, 15) is 0 Å². The molecule has 78 valence electrons. The van der Waals surface area contributed by atoms with Gasteiger partial charge in [0.25, 0.3) is 0 Å². The number of aromatic nitrogens is 4. The summed E-state index contributed by atoms with van der Waals surface area (Å²) in [6.07, 6.45) is 5.98. The van der Waals surface area contributed by atoms with Gasteiger partial charge in [0.05, 0.1) is 0 Å². The van der Waals surface area contributed by atoms with E-state index >= 15 is 0 Å². The third-order valence-electron chi connectivity index (χ3n) is 2.16. The van der Waals surface area contributed by atoms with Gasteiger partial charge in [-0.15, -0.1) is 0 Å². The van der Waals surface area contributed by atoms with Crippen LogP contribution in [0.2, 0.25) is 0 Å². The van der Waals surface area contributed by atoms with E-state index in [1.54, 1.807) is 6.20 Å². The molecule has 0 unspecified atom stereocenters. The number of nitrogens with one attached hydrogen (secondary N) is 2. The second kappa shape index (κ2) is 4.54. The van der Waals surface area contributed by atoms with E-state index in [0.717, 1.165) is 30.0 Å². The Balaban J connectivity index is 1.86. The van der Waals surface area contributed by atoms with Crippen LogP contribution in [0.4, 0.5) is 5.69 Å². The summed E-state index contributed by atoms with van der Waals surface area (Å²) in [5.74, 6) is 0.897. The van der Waals surface area contributed by atoms with Crippen molar-refractivity contribution in [3.8, 4) is 0 Å². The summed E-state index contributed by atoms with van der Waals surface area (Å²) >= 11 is 0. The third-order valence-corrected chi connectivity index (χ3v) is 2.16. The molecule has 0 bridgehead atoms. The second-order valence-corrected chi connectivity index (χ2v) is 3.30. The highest BCUT2D eigenvalue weighted by Crippen LogP contribution is 2.10. The molecule has 0 saturated carbocycles. The van der Waals surface area contributed by atoms with Crippen LogP contribution in [0.3, 0.4) is 0 Å². The fourth-order valence-corrected chi connectivity index (χ4v) is 1.34. The molecule has 0 saturated heterocycles. The first-order chi connectivity index (χ1) is 7.36. The van der Waals surface area contributed by atoms with Crippen molar-refractivity contribution < 1.29 is 0 Å². The number of pyridine rings is 1. The molecule has 2 aromatic heterocycles. The van der Waals surface area contributed by atoms with Gasteiger partial charge in [0.15, 0.2) is 0 Å². The van der Waals surface area contributed by atoms with E-state index in [1.807, 2.05) is 19.2 Å². The van der Waals surface area contributed by atoms with Crippen LogP contribution in [0.1, 0.15) is 11.4 Å². The van der Waals surface area contributed by atoms with Crippen molar-refractivity contribution in [1.82, 2.24) is 20.2 Å². The molecular formula is C10H13N5. The van der Waals surface area contributed by atoms with E-state index in [4.69, 9.17) is 0 Å². The number of anilines is 1. The van der Waals surface area contributed by atoms with E-state index in [0.29, 0.717) is 0 Å². The molecule has 15 heavy (non-hydrogen) atoms. The van der Waals surface area contributed by atoms with Gasteiger partial charge in [-0.2, -0.15) is 5.10 Å². The molecule has 0 aliphatic carbocycles. The molecule has 5 heteroatoms. The van der Waals surface area contributed by atoms with Gasteiger partial charge in [-0.1, -0.05) is 0 Å². The van der Waals surface area contributed by atoms with Gasteiger partial charge in [0.1, 0.15) is 12.2 Å². The highest BCUT2D eigenvalue weighted by molar-refractivity contribution is 5.48. The highest BCUT2D eigenvalue weighted by Gasteiger charge is 1.98.